The molecule has 3 rings (SSSR count). The van der Waals surface area contributed by atoms with Gasteiger partial charge < -0.3 is 18.9 Å². The average molecular weight is 380 g/mol. The summed E-state index contributed by atoms with van der Waals surface area (Å²) in [6, 6.07) is -1.36. The van der Waals surface area contributed by atoms with Gasteiger partial charge in [0.2, 0.25) is 0 Å². The first-order valence-electron chi connectivity index (χ1n) is 9.27. The number of carbonyl (C=O) groups excluding carboxylic acids is 2. The number of rotatable bonds is 4. The van der Waals surface area contributed by atoms with Crippen molar-refractivity contribution >= 4 is 23.7 Å². The summed E-state index contributed by atoms with van der Waals surface area (Å²) >= 11 is 0. The van der Waals surface area contributed by atoms with Gasteiger partial charge in [0.15, 0.2) is 23.9 Å². The highest BCUT2D eigenvalue weighted by Crippen LogP contribution is 2.51. The Morgan fingerprint density at radius 3 is 1.52 bits per heavy atom. The molecule has 0 unspecified atom stereocenters. The minimum Gasteiger partial charge on any atom is -0.477 e. The molecule has 2 aliphatic heterocycles. The molecule has 2 atom stereocenters. The molecule has 0 N–H and O–H groups in total. The molecule has 27 heavy (non-hydrogen) atoms. The summed E-state index contributed by atoms with van der Waals surface area (Å²) in [7, 11) is 0. The molecule has 0 amide bonds. The van der Waals surface area contributed by atoms with Crippen molar-refractivity contribution in [2.75, 3.05) is 13.2 Å². The maximum Gasteiger partial charge on any atom is 0.335 e. The molecule has 0 saturated heterocycles. The summed E-state index contributed by atoms with van der Waals surface area (Å²) < 4.78 is 22.1. The van der Waals surface area contributed by atoms with E-state index in [2.05, 4.69) is 9.98 Å². The number of nitrogens with zero attached hydrogens (tertiary/aromatic N) is 2. The highest BCUT2D eigenvalue weighted by Gasteiger charge is 2.59. The molecule has 150 valence electrons. The maximum absolute atomic E-state index is 12.2. The molecule has 0 aromatic heterocycles. The lowest BCUT2D eigenvalue weighted by molar-refractivity contribution is -0.157. The first kappa shape index (κ1) is 19.6. The van der Waals surface area contributed by atoms with Gasteiger partial charge in [-0.1, -0.05) is 0 Å². The van der Waals surface area contributed by atoms with Gasteiger partial charge in [-0.15, -0.1) is 0 Å². The minimum absolute atomic E-state index is 0.148. The van der Waals surface area contributed by atoms with E-state index in [1.54, 1.807) is 0 Å². The van der Waals surface area contributed by atoms with Crippen molar-refractivity contribution in [1.82, 2.24) is 0 Å². The summed E-state index contributed by atoms with van der Waals surface area (Å²) in [4.78, 5) is 33.3. The minimum atomic E-state index is -0.680. The van der Waals surface area contributed by atoms with Crippen molar-refractivity contribution in [3.05, 3.63) is 0 Å². The molecule has 0 spiro atoms. The van der Waals surface area contributed by atoms with Crippen LogP contribution in [0.1, 0.15) is 54.4 Å². The molecule has 0 aromatic carbocycles. The first-order chi connectivity index (χ1) is 12.4. The normalized spacial score (nSPS) is 26.4. The smallest absolute Gasteiger partial charge is 0.335 e. The van der Waals surface area contributed by atoms with E-state index in [0.29, 0.717) is 11.8 Å². The molecule has 1 saturated carbocycles. The van der Waals surface area contributed by atoms with Gasteiger partial charge in [0.05, 0.1) is 0 Å². The molecule has 8 nitrogen and oxygen atoms in total. The van der Waals surface area contributed by atoms with E-state index < -0.39 is 40.6 Å². The number of esters is 2. The van der Waals surface area contributed by atoms with Crippen molar-refractivity contribution in [3.8, 4) is 0 Å². The van der Waals surface area contributed by atoms with Crippen LogP contribution in [0.2, 0.25) is 0 Å². The van der Waals surface area contributed by atoms with Crippen LogP contribution < -0.4 is 0 Å². The van der Waals surface area contributed by atoms with Gasteiger partial charge in [-0.25, -0.2) is 19.6 Å². The highest BCUT2D eigenvalue weighted by molar-refractivity contribution is 6.10. The molecule has 8 heteroatoms. The second-order valence-corrected chi connectivity index (χ2v) is 9.17. The third-order valence-electron chi connectivity index (χ3n) is 4.23. The fourth-order valence-electron chi connectivity index (χ4n) is 2.90. The van der Waals surface area contributed by atoms with Crippen LogP contribution >= 0.6 is 0 Å². The largest absolute Gasteiger partial charge is 0.477 e. The van der Waals surface area contributed by atoms with Crippen molar-refractivity contribution in [2.24, 2.45) is 15.4 Å². The lowest BCUT2D eigenvalue weighted by Crippen LogP contribution is -2.31. The van der Waals surface area contributed by atoms with Crippen molar-refractivity contribution < 1.29 is 28.5 Å². The Bertz CT molecular complexity index is 638. The maximum atomic E-state index is 12.2. The van der Waals surface area contributed by atoms with Crippen molar-refractivity contribution in [2.45, 2.75) is 77.7 Å². The lowest BCUT2D eigenvalue weighted by Gasteiger charge is -2.20. The molecule has 3 aliphatic rings. The van der Waals surface area contributed by atoms with Gasteiger partial charge in [-0.2, -0.15) is 0 Å². The Morgan fingerprint density at radius 2 is 1.22 bits per heavy atom. The van der Waals surface area contributed by atoms with Gasteiger partial charge in [0.25, 0.3) is 0 Å². The molecular weight excluding hydrogens is 352 g/mol. The summed E-state index contributed by atoms with van der Waals surface area (Å²) in [6.07, 6.45) is 1.51. The average Bonchev–Trinajstić information content (AvgIpc) is 2.98. The van der Waals surface area contributed by atoms with Crippen molar-refractivity contribution in [3.63, 3.8) is 0 Å². The number of aliphatic imine (C=N–C) groups is 2. The summed E-state index contributed by atoms with van der Waals surface area (Å²) in [5, 5.41) is 0. The molecular formula is C19H28N2O6. The van der Waals surface area contributed by atoms with Crippen LogP contribution in [-0.4, -0.2) is 60.2 Å². The van der Waals surface area contributed by atoms with Crippen LogP contribution in [0.5, 0.6) is 0 Å². The standard InChI is InChI=1S/C19H28N2O6/c1-17(2,3)26-13(22)11-9-24-15(20-11)19(7-8-19)16-21-12(10-25-16)14(23)27-18(4,5)6/h11-12H,7-10H2,1-6H3/t11-,12-/m1/s1. The third-order valence-corrected chi connectivity index (χ3v) is 4.23. The summed E-state index contributed by atoms with van der Waals surface area (Å²) in [5.74, 6) is 0.0762. The van der Waals surface area contributed by atoms with Gasteiger partial charge in [0.1, 0.15) is 29.8 Å². The molecule has 1 aliphatic carbocycles. The van der Waals surface area contributed by atoms with E-state index in [-0.39, 0.29) is 13.2 Å². The van der Waals surface area contributed by atoms with Crippen LogP contribution in [0, 0.1) is 5.41 Å². The van der Waals surface area contributed by atoms with Gasteiger partial charge in [0, 0.05) is 0 Å². The van der Waals surface area contributed by atoms with Crippen LogP contribution in [0.15, 0.2) is 9.98 Å². The quantitative estimate of drug-likeness (QED) is 0.693. The highest BCUT2D eigenvalue weighted by atomic mass is 16.6. The van der Waals surface area contributed by atoms with Gasteiger partial charge in [-0.05, 0) is 54.4 Å². The Balaban J connectivity index is 1.69. The number of ether oxygens (including phenoxy) is 4. The van der Waals surface area contributed by atoms with Crippen LogP contribution in [-0.2, 0) is 28.5 Å². The van der Waals surface area contributed by atoms with E-state index in [1.165, 1.54) is 0 Å². The second kappa shape index (κ2) is 6.49. The van der Waals surface area contributed by atoms with E-state index in [0.717, 1.165) is 12.8 Å². The van der Waals surface area contributed by atoms with Crippen LogP contribution in [0.3, 0.4) is 0 Å². The van der Waals surface area contributed by atoms with E-state index >= 15 is 0 Å². The zero-order valence-electron chi connectivity index (χ0n) is 16.8. The van der Waals surface area contributed by atoms with Crippen LogP contribution in [0.25, 0.3) is 0 Å². The zero-order chi connectivity index (χ0) is 20.0. The lowest BCUT2D eigenvalue weighted by atomic mass is 10.1. The zero-order valence-corrected chi connectivity index (χ0v) is 16.8. The van der Waals surface area contributed by atoms with E-state index in [9.17, 15) is 9.59 Å². The summed E-state index contributed by atoms with van der Waals surface area (Å²) in [5.41, 5.74) is -1.72. The SMILES string of the molecule is CC(C)(C)OC(=O)[C@H]1COC(C2(C3=N[C@@H](C(=O)OC(C)(C)C)CO3)CC2)=N1. The van der Waals surface area contributed by atoms with E-state index in [1.807, 2.05) is 41.5 Å². The Kier molecular flexibility index (Phi) is 4.72. The first-order valence-corrected chi connectivity index (χ1v) is 9.27. The predicted octanol–water partition coefficient (Wildman–Crippen LogP) is 2.04. The molecule has 2 heterocycles. The Labute approximate surface area is 159 Å². The molecule has 0 aromatic rings. The Morgan fingerprint density at radius 1 is 0.852 bits per heavy atom. The summed E-state index contributed by atoms with van der Waals surface area (Å²) in [6.45, 7) is 11.2. The third kappa shape index (κ3) is 4.42. The molecule has 0 bridgehead atoms. The van der Waals surface area contributed by atoms with Gasteiger partial charge >= 0.3 is 11.9 Å². The van der Waals surface area contributed by atoms with Crippen molar-refractivity contribution in [1.29, 1.82) is 0 Å². The number of carbonyl (C=O) groups is 2. The number of hydrogen-bond acceptors (Lipinski definition) is 8. The van der Waals surface area contributed by atoms with Crippen LogP contribution in [0.4, 0.5) is 0 Å². The number of hydrogen-bond donors (Lipinski definition) is 0. The fraction of sp³-hybridized carbons (Fsp3) is 0.789. The van der Waals surface area contributed by atoms with E-state index in [4.69, 9.17) is 18.9 Å². The monoisotopic (exact) mass is 380 g/mol. The topological polar surface area (TPSA) is 95.8 Å². The van der Waals surface area contributed by atoms with Gasteiger partial charge in [-0.3, -0.25) is 0 Å². The Hall–Kier alpha value is -2.12. The molecule has 1 fully saturated rings. The second-order valence-electron chi connectivity index (χ2n) is 9.17. The predicted molar refractivity (Wildman–Crippen MR) is 97.7 cm³/mol. The fourth-order valence-corrected chi connectivity index (χ4v) is 2.90. The molecule has 0 radical (unpaired) electrons.